The van der Waals surface area contributed by atoms with Crippen molar-refractivity contribution in [2.24, 2.45) is 0 Å². The molecule has 0 fully saturated rings. The Morgan fingerprint density at radius 1 is 1.40 bits per heavy atom. The summed E-state index contributed by atoms with van der Waals surface area (Å²) in [7, 11) is 1.57. The zero-order valence-electron chi connectivity index (χ0n) is 10.7. The Kier molecular flexibility index (Phi) is 3.94. The van der Waals surface area contributed by atoms with E-state index in [0.29, 0.717) is 5.82 Å². The van der Waals surface area contributed by atoms with Crippen molar-refractivity contribution < 1.29 is 14.7 Å². The van der Waals surface area contributed by atoms with Crippen LogP contribution in [-0.2, 0) is 6.54 Å². The van der Waals surface area contributed by atoms with Crippen LogP contribution in [0.5, 0.6) is 0 Å². The fraction of sp³-hybridized carbons (Fsp3) is 0.167. The first-order chi connectivity index (χ1) is 9.58. The minimum absolute atomic E-state index is 0.0360. The topological polar surface area (TPSA) is 111 Å². The molecule has 20 heavy (non-hydrogen) atoms. The maximum atomic E-state index is 12.0. The number of urea groups is 1. The molecule has 0 unspecified atom stereocenters. The van der Waals surface area contributed by atoms with Crippen LogP contribution in [-0.4, -0.2) is 44.2 Å². The molecular formula is C12H13N5O3. The van der Waals surface area contributed by atoms with E-state index >= 15 is 0 Å². The lowest BCUT2D eigenvalue weighted by atomic mass is 10.2. The summed E-state index contributed by atoms with van der Waals surface area (Å²) in [5, 5.41) is 17.9. The highest BCUT2D eigenvalue weighted by molar-refractivity contribution is 5.99. The van der Waals surface area contributed by atoms with Gasteiger partial charge in [0.25, 0.3) is 0 Å². The van der Waals surface area contributed by atoms with Crippen molar-refractivity contribution in [2.45, 2.75) is 6.54 Å². The van der Waals surface area contributed by atoms with Crippen LogP contribution < -0.4 is 5.32 Å². The van der Waals surface area contributed by atoms with Gasteiger partial charge in [0.1, 0.15) is 12.2 Å². The van der Waals surface area contributed by atoms with Crippen LogP contribution >= 0.6 is 0 Å². The van der Waals surface area contributed by atoms with Gasteiger partial charge in [0.2, 0.25) is 0 Å². The molecule has 2 aromatic rings. The van der Waals surface area contributed by atoms with E-state index in [4.69, 9.17) is 5.11 Å². The number of rotatable bonds is 4. The number of amides is 2. The second-order valence-electron chi connectivity index (χ2n) is 4.07. The molecule has 2 rings (SSSR count). The number of carboxylic acids is 1. The Hall–Kier alpha value is -2.90. The summed E-state index contributed by atoms with van der Waals surface area (Å²) in [6, 6.07) is 5.77. The van der Waals surface area contributed by atoms with E-state index in [1.165, 1.54) is 23.4 Å². The number of carboxylic acid groups (broad SMARTS) is 1. The van der Waals surface area contributed by atoms with Crippen molar-refractivity contribution >= 4 is 17.7 Å². The molecule has 0 bridgehead atoms. The summed E-state index contributed by atoms with van der Waals surface area (Å²) >= 11 is 0. The SMILES string of the molecule is CN(Cc1ncn[nH]1)C(=O)Nc1ccccc1C(=O)O. The lowest BCUT2D eigenvalue weighted by Crippen LogP contribution is -2.31. The molecule has 1 heterocycles. The number of hydrogen-bond acceptors (Lipinski definition) is 4. The third kappa shape index (κ3) is 3.10. The molecule has 8 heteroatoms. The molecule has 0 radical (unpaired) electrons. The van der Waals surface area contributed by atoms with Gasteiger partial charge < -0.3 is 15.3 Å². The number of para-hydroxylation sites is 1. The Morgan fingerprint density at radius 2 is 2.15 bits per heavy atom. The molecule has 0 atom stereocenters. The number of carbonyl (C=O) groups is 2. The smallest absolute Gasteiger partial charge is 0.337 e. The number of carbonyl (C=O) groups excluding carboxylic acids is 1. The molecule has 0 saturated heterocycles. The molecule has 0 aliphatic carbocycles. The summed E-state index contributed by atoms with van der Waals surface area (Å²) < 4.78 is 0. The van der Waals surface area contributed by atoms with Gasteiger partial charge in [-0.25, -0.2) is 14.6 Å². The predicted octanol–water partition coefficient (Wildman–Crippen LogP) is 1.17. The number of H-pyrrole nitrogens is 1. The van der Waals surface area contributed by atoms with Crippen LogP contribution in [0.1, 0.15) is 16.2 Å². The zero-order chi connectivity index (χ0) is 14.5. The summed E-state index contributed by atoms with van der Waals surface area (Å²) in [4.78, 5) is 28.3. The quantitative estimate of drug-likeness (QED) is 0.775. The van der Waals surface area contributed by atoms with E-state index in [9.17, 15) is 9.59 Å². The largest absolute Gasteiger partial charge is 0.478 e. The van der Waals surface area contributed by atoms with Gasteiger partial charge in [-0.3, -0.25) is 5.10 Å². The van der Waals surface area contributed by atoms with E-state index in [1.807, 2.05) is 0 Å². The first-order valence-electron chi connectivity index (χ1n) is 5.76. The number of benzene rings is 1. The van der Waals surface area contributed by atoms with Crippen LogP contribution in [0.2, 0.25) is 0 Å². The minimum atomic E-state index is -1.10. The molecule has 3 N–H and O–H groups in total. The van der Waals surface area contributed by atoms with Gasteiger partial charge in [0.15, 0.2) is 0 Å². The third-order valence-electron chi connectivity index (χ3n) is 2.60. The average molecular weight is 275 g/mol. The molecule has 0 saturated carbocycles. The van der Waals surface area contributed by atoms with Gasteiger partial charge in [-0.05, 0) is 12.1 Å². The number of aromatic amines is 1. The standard InChI is InChI=1S/C12H13N5O3/c1-17(6-10-13-7-14-16-10)12(20)15-9-5-3-2-4-8(9)11(18)19/h2-5,7H,6H2,1H3,(H,15,20)(H,18,19)(H,13,14,16). The highest BCUT2D eigenvalue weighted by Gasteiger charge is 2.15. The molecule has 0 spiro atoms. The number of anilines is 1. The molecular weight excluding hydrogens is 262 g/mol. The highest BCUT2D eigenvalue weighted by atomic mass is 16.4. The summed E-state index contributed by atoms with van der Waals surface area (Å²) in [6.45, 7) is 0.237. The van der Waals surface area contributed by atoms with E-state index in [-0.39, 0.29) is 17.8 Å². The predicted molar refractivity (Wildman–Crippen MR) is 70.3 cm³/mol. The van der Waals surface area contributed by atoms with Crippen molar-refractivity contribution in [3.05, 3.63) is 42.0 Å². The van der Waals surface area contributed by atoms with Gasteiger partial charge in [0, 0.05) is 7.05 Å². The fourth-order valence-corrected chi connectivity index (χ4v) is 1.59. The van der Waals surface area contributed by atoms with E-state index in [1.54, 1.807) is 19.2 Å². The number of aromatic nitrogens is 3. The van der Waals surface area contributed by atoms with Crippen LogP contribution in [0, 0.1) is 0 Å². The molecule has 0 aliphatic rings. The van der Waals surface area contributed by atoms with Crippen molar-refractivity contribution in [3.63, 3.8) is 0 Å². The molecule has 104 valence electrons. The third-order valence-corrected chi connectivity index (χ3v) is 2.60. The monoisotopic (exact) mass is 275 g/mol. The number of nitrogens with zero attached hydrogens (tertiary/aromatic N) is 3. The zero-order valence-corrected chi connectivity index (χ0v) is 10.7. The first-order valence-corrected chi connectivity index (χ1v) is 5.76. The van der Waals surface area contributed by atoms with Gasteiger partial charge in [-0.15, -0.1) is 0 Å². The van der Waals surface area contributed by atoms with Gasteiger partial charge in [0.05, 0.1) is 17.8 Å². The first kappa shape index (κ1) is 13.5. The average Bonchev–Trinajstić information content (AvgIpc) is 2.91. The van der Waals surface area contributed by atoms with Crippen LogP contribution in [0.3, 0.4) is 0 Å². The molecule has 2 amide bonds. The Morgan fingerprint density at radius 3 is 2.80 bits per heavy atom. The molecule has 1 aromatic carbocycles. The van der Waals surface area contributed by atoms with Gasteiger partial charge in [-0.2, -0.15) is 5.10 Å². The van der Waals surface area contributed by atoms with Crippen LogP contribution in [0.15, 0.2) is 30.6 Å². The van der Waals surface area contributed by atoms with Crippen molar-refractivity contribution in [1.29, 1.82) is 0 Å². The van der Waals surface area contributed by atoms with Gasteiger partial charge in [-0.1, -0.05) is 12.1 Å². The molecule has 1 aromatic heterocycles. The molecule has 8 nitrogen and oxygen atoms in total. The highest BCUT2D eigenvalue weighted by Crippen LogP contribution is 2.15. The minimum Gasteiger partial charge on any atom is -0.478 e. The molecule has 0 aliphatic heterocycles. The Labute approximate surface area is 114 Å². The fourth-order valence-electron chi connectivity index (χ4n) is 1.59. The second-order valence-corrected chi connectivity index (χ2v) is 4.07. The maximum Gasteiger partial charge on any atom is 0.337 e. The van der Waals surface area contributed by atoms with E-state index < -0.39 is 12.0 Å². The number of hydrogen-bond donors (Lipinski definition) is 3. The van der Waals surface area contributed by atoms with Crippen LogP contribution in [0.25, 0.3) is 0 Å². The Balaban J connectivity index is 2.06. The van der Waals surface area contributed by atoms with Gasteiger partial charge >= 0.3 is 12.0 Å². The van der Waals surface area contributed by atoms with Crippen molar-refractivity contribution in [1.82, 2.24) is 20.1 Å². The van der Waals surface area contributed by atoms with Crippen molar-refractivity contribution in [3.8, 4) is 0 Å². The van der Waals surface area contributed by atoms with E-state index in [2.05, 4.69) is 20.5 Å². The Bertz CT molecular complexity index is 611. The second kappa shape index (κ2) is 5.83. The summed E-state index contributed by atoms with van der Waals surface area (Å²) in [5.74, 6) is -0.562. The maximum absolute atomic E-state index is 12.0. The normalized spacial score (nSPS) is 10.1. The lowest BCUT2D eigenvalue weighted by Gasteiger charge is -2.17. The summed E-state index contributed by atoms with van der Waals surface area (Å²) in [6.07, 6.45) is 1.35. The summed E-state index contributed by atoms with van der Waals surface area (Å²) in [5.41, 5.74) is 0.281. The lowest BCUT2D eigenvalue weighted by molar-refractivity contribution is 0.0698. The number of nitrogens with one attached hydrogen (secondary N) is 2. The van der Waals surface area contributed by atoms with Crippen LogP contribution in [0.4, 0.5) is 10.5 Å². The van der Waals surface area contributed by atoms with Crippen molar-refractivity contribution in [2.75, 3.05) is 12.4 Å². The number of aromatic carboxylic acids is 1. The van der Waals surface area contributed by atoms with E-state index in [0.717, 1.165) is 0 Å².